The van der Waals surface area contributed by atoms with Gasteiger partial charge in [0.15, 0.2) is 0 Å². The van der Waals surface area contributed by atoms with Gasteiger partial charge in [-0.15, -0.1) is 0 Å². The average molecular weight is 227 g/mol. The van der Waals surface area contributed by atoms with Crippen molar-refractivity contribution in [1.82, 2.24) is 20.4 Å². The largest absolute Gasteiger partial charge is 0.322 e. The van der Waals surface area contributed by atoms with Gasteiger partial charge in [-0.2, -0.15) is 10.2 Å². The highest BCUT2D eigenvalue weighted by Crippen LogP contribution is 2.17. The van der Waals surface area contributed by atoms with Crippen molar-refractivity contribution in [2.45, 2.75) is 0 Å². The second-order valence-corrected chi connectivity index (χ2v) is 3.61. The van der Waals surface area contributed by atoms with Gasteiger partial charge < -0.3 is 5.32 Å². The summed E-state index contributed by atoms with van der Waals surface area (Å²) in [6, 6.07) is 5.54. The molecule has 0 aliphatic carbocycles. The summed E-state index contributed by atoms with van der Waals surface area (Å²) in [6.45, 7) is 0. The third-order valence-corrected chi connectivity index (χ3v) is 2.46. The van der Waals surface area contributed by atoms with Gasteiger partial charge in [0, 0.05) is 17.3 Å². The number of aromatic nitrogens is 4. The van der Waals surface area contributed by atoms with Crippen molar-refractivity contribution in [2.75, 3.05) is 5.32 Å². The molecule has 6 heteroatoms. The van der Waals surface area contributed by atoms with Gasteiger partial charge >= 0.3 is 0 Å². The van der Waals surface area contributed by atoms with Gasteiger partial charge in [-0.3, -0.25) is 15.0 Å². The van der Waals surface area contributed by atoms with E-state index in [1.165, 1.54) is 6.20 Å². The molecule has 0 saturated heterocycles. The molecule has 1 amide bonds. The van der Waals surface area contributed by atoms with E-state index in [1.54, 1.807) is 12.4 Å². The molecule has 3 aromatic rings. The number of anilines is 1. The second-order valence-electron chi connectivity index (χ2n) is 3.61. The molecule has 0 unspecified atom stereocenters. The average Bonchev–Trinajstić information content (AvgIpc) is 2.99. The Morgan fingerprint density at radius 1 is 1.24 bits per heavy atom. The van der Waals surface area contributed by atoms with Crippen LogP contribution in [0.3, 0.4) is 0 Å². The topological polar surface area (TPSA) is 86.5 Å². The molecule has 0 aliphatic rings. The summed E-state index contributed by atoms with van der Waals surface area (Å²) in [5, 5.41) is 16.8. The van der Waals surface area contributed by atoms with Crippen LogP contribution in [0, 0.1) is 0 Å². The van der Waals surface area contributed by atoms with E-state index in [0.29, 0.717) is 5.56 Å². The first-order valence-corrected chi connectivity index (χ1v) is 5.06. The standard InChI is InChI=1S/C11H9N5O/c17-11(8-5-12-13-6-8)15-9-1-2-10-7(3-9)4-14-16-10/h1-6H,(H,12,13)(H,14,16)(H,15,17). The molecule has 0 bridgehead atoms. The van der Waals surface area contributed by atoms with E-state index in [2.05, 4.69) is 25.7 Å². The maximum atomic E-state index is 11.8. The van der Waals surface area contributed by atoms with Crippen LogP contribution in [0.2, 0.25) is 0 Å². The summed E-state index contributed by atoms with van der Waals surface area (Å²) in [4.78, 5) is 11.8. The Morgan fingerprint density at radius 3 is 3.00 bits per heavy atom. The third kappa shape index (κ3) is 1.76. The van der Waals surface area contributed by atoms with Gasteiger partial charge in [-0.25, -0.2) is 0 Å². The number of hydrogen-bond acceptors (Lipinski definition) is 3. The summed E-state index contributed by atoms with van der Waals surface area (Å²) >= 11 is 0. The van der Waals surface area contributed by atoms with Gasteiger partial charge in [0.25, 0.3) is 5.91 Å². The molecule has 0 saturated carbocycles. The molecular formula is C11H9N5O. The highest BCUT2D eigenvalue weighted by Gasteiger charge is 2.07. The number of nitrogens with one attached hydrogen (secondary N) is 3. The van der Waals surface area contributed by atoms with Crippen molar-refractivity contribution in [3.05, 3.63) is 42.4 Å². The molecule has 6 nitrogen and oxygen atoms in total. The van der Waals surface area contributed by atoms with Crippen molar-refractivity contribution in [1.29, 1.82) is 0 Å². The molecule has 3 N–H and O–H groups in total. The van der Waals surface area contributed by atoms with E-state index < -0.39 is 0 Å². The highest BCUT2D eigenvalue weighted by atomic mass is 16.1. The highest BCUT2D eigenvalue weighted by molar-refractivity contribution is 6.04. The van der Waals surface area contributed by atoms with Gasteiger partial charge in [-0.1, -0.05) is 0 Å². The Hall–Kier alpha value is -2.63. The van der Waals surface area contributed by atoms with Crippen LogP contribution >= 0.6 is 0 Å². The zero-order valence-corrected chi connectivity index (χ0v) is 8.77. The number of fused-ring (bicyclic) bond motifs is 1. The first-order chi connectivity index (χ1) is 8.33. The summed E-state index contributed by atoms with van der Waals surface area (Å²) in [5.74, 6) is -0.193. The number of amides is 1. The van der Waals surface area contributed by atoms with E-state index in [1.807, 2.05) is 18.2 Å². The van der Waals surface area contributed by atoms with Gasteiger partial charge in [0.2, 0.25) is 0 Å². The number of benzene rings is 1. The van der Waals surface area contributed by atoms with Gasteiger partial charge in [0.05, 0.1) is 23.5 Å². The van der Waals surface area contributed by atoms with Gasteiger partial charge in [0.1, 0.15) is 0 Å². The molecule has 1 aromatic carbocycles. The van der Waals surface area contributed by atoms with Crippen molar-refractivity contribution in [3.8, 4) is 0 Å². The van der Waals surface area contributed by atoms with Crippen molar-refractivity contribution in [2.24, 2.45) is 0 Å². The zero-order valence-electron chi connectivity index (χ0n) is 8.77. The molecule has 2 heterocycles. The lowest BCUT2D eigenvalue weighted by atomic mass is 10.2. The van der Waals surface area contributed by atoms with Crippen LogP contribution < -0.4 is 5.32 Å². The predicted molar refractivity (Wildman–Crippen MR) is 62.6 cm³/mol. The fraction of sp³-hybridized carbons (Fsp3) is 0. The molecule has 0 fully saturated rings. The number of rotatable bonds is 2. The molecule has 2 aromatic heterocycles. The second kappa shape index (κ2) is 3.75. The number of aromatic amines is 2. The Labute approximate surface area is 96.0 Å². The van der Waals surface area contributed by atoms with Crippen LogP contribution in [0.25, 0.3) is 10.9 Å². The lowest BCUT2D eigenvalue weighted by Gasteiger charge is -2.02. The Morgan fingerprint density at radius 2 is 2.18 bits per heavy atom. The van der Waals surface area contributed by atoms with Crippen LogP contribution in [-0.4, -0.2) is 26.3 Å². The quantitative estimate of drug-likeness (QED) is 0.620. The summed E-state index contributed by atoms with van der Waals surface area (Å²) in [6.07, 6.45) is 4.74. The van der Waals surface area contributed by atoms with Crippen LogP contribution in [0.5, 0.6) is 0 Å². The maximum absolute atomic E-state index is 11.8. The van der Waals surface area contributed by atoms with E-state index in [0.717, 1.165) is 16.6 Å². The summed E-state index contributed by atoms with van der Waals surface area (Å²) < 4.78 is 0. The van der Waals surface area contributed by atoms with E-state index in [9.17, 15) is 4.79 Å². The third-order valence-electron chi connectivity index (χ3n) is 2.46. The lowest BCUT2D eigenvalue weighted by molar-refractivity contribution is 0.102. The molecule has 0 radical (unpaired) electrons. The normalized spacial score (nSPS) is 10.6. The van der Waals surface area contributed by atoms with Crippen LogP contribution in [-0.2, 0) is 0 Å². The number of carbonyl (C=O) groups excluding carboxylic acids is 1. The van der Waals surface area contributed by atoms with Crippen molar-refractivity contribution < 1.29 is 4.79 Å². The monoisotopic (exact) mass is 227 g/mol. The minimum Gasteiger partial charge on any atom is -0.322 e. The zero-order chi connectivity index (χ0) is 11.7. The minimum atomic E-state index is -0.193. The van der Waals surface area contributed by atoms with Crippen LogP contribution in [0.4, 0.5) is 5.69 Å². The fourth-order valence-electron chi connectivity index (χ4n) is 1.60. The SMILES string of the molecule is O=C(Nc1ccc2[nH]ncc2c1)c1cn[nH]c1. The van der Waals surface area contributed by atoms with E-state index >= 15 is 0 Å². The maximum Gasteiger partial charge on any atom is 0.258 e. The Kier molecular flexibility index (Phi) is 2.11. The Bertz CT molecular complexity index is 655. The molecule has 0 aliphatic heterocycles. The van der Waals surface area contributed by atoms with Crippen molar-refractivity contribution in [3.63, 3.8) is 0 Å². The van der Waals surface area contributed by atoms with Crippen molar-refractivity contribution >= 4 is 22.5 Å². The predicted octanol–water partition coefficient (Wildman–Crippen LogP) is 1.54. The van der Waals surface area contributed by atoms with Gasteiger partial charge in [-0.05, 0) is 18.2 Å². The molecule has 0 spiro atoms. The fourth-order valence-corrected chi connectivity index (χ4v) is 1.60. The minimum absolute atomic E-state index is 0.193. The molecule has 0 atom stereocenters. The first kappa shape index (κ1) is 9.59. The molecular weight excluding hydrogens is 218 g/mol. The first-order valence-electron chi connectivity index (χ1n) is 5.06. The number of H-pyrrole nitrogens is 2. The molecule has 3 rings (SSSR count). The lowest BCUT2D eigenvalue weighted by Crippen LogP contribution is -2.10. The Balaban J connectivity index is 1.87. The number of hydrogen-bond donors (Lipinski definition) is 3. The molecule has 84 valence electrons. The van der Waals surface area contributed by atoms with Crippen LogP contribution in [0.1, 0.15) is 10.4 Å². The smallest absolute Gasteiger partial charge is 0.258 e. The number of nitrogens with zero attached hydrogens (tertiary/aromatic N) is 2. The summed E-state index contributed by atoms with van der Waals surface area (Å²) in [5.41, 5.74) is 2.16. The number of carbonyl (C=O) groups is 1. The van der Waals surface area contributed by atoms with Crippen LogP contribution in [0.15, 0.2) is 36.8 Å². The van der Waals surface area contributed by atoms with E-state index in [-0.39, 0.29) is 5.91 Å². The van der Waals surface area contributed by atoms with E-state index in [4.69, 9.17) is 0 Å². The molecule has 17 heavy (non-hydrogen) atoms. The summed E-state index contributed by atoms with van der Waals surface area (Å²) in [7, 11) is 0.